The van der Waals surface area contributed by atoms with Crippen LogP contribution >= 0.6 is 11.3 Å². The predicted molar refractivity (Wildman–Crippen MR) is 78.6 cm³/mol. The third kappa shape index (κ3) is 3.35. The third-order valence-corrected chi connectivity index (χ3v) is 3.86. The molecule has 0 atom stereocenters. The Kier molecular flexibility index (Phi) is 4.50. The summed E-state index contributed by atoms with van der Waals surface area (Å²) < 4.78 is 18.1. The van der Waals surface area contributed by atoms with Crippen molar-refractivity contribution in [1.82, 2.24) is 9.97 Å². The molecule has 0 fully saturated rings. The SMILES string of the molecule is C#CCOC(=O)N(C)c1sc(-c2cncc(F)c2)nc1C. The molecule has 21 heavy (non-hydrogen) atoms. The van der Waals surface area contributed by atoms with Gasteiger partial charge in [-0.15, -0.1) is 6.42 Å². The monoisotopic (exact) mass is 305 g/mol. The molecule has 0 aliphatic rings. The molecule has 2 aromatic heterocycles. The maximum Gasteiger partial charge on any atom is 0.415 e. The van der Waals surface area contributed by atoms with E-state index in [0.717, 1.165) is 6.20 Å². The molecule has 108 valence electrons. The standard InChI is InChI=1S/C14H12FN3O2S/c1-4-5-20-14(19)18(3)13-9(2)17-12(21-13)10-6-11(15)8-16-7-10/h1,6-8H,5H2,2-3H3. The maximum atomic E-state index is 13.2. The average molecular weight is 305 g/mol. The van der Waals surface area contributed by atoms with Gasteiger partial charge in [-0.3, -0.25) is 9.88 Å². The number of pyridine rings is 1. The third-order valence-electron chi connectivity index (χ3n) is 2.58. The fraction of sp³-hybridized carbons (Fsp3) is 0.214. The first-order valence-corrected chi connectivity index (χ1v) is 6.77. The molecule has 0 saturated heterocycles. The van der Waals surface area contributed by atoms with Gasteiger partial charge in [0.05, 0.1) is 11.9 Å². The Balaban J connectivity index is 2.27. The van der Waals surface area contributed by atoms with Crippen molar-refractivity contribution in [2.75, 3.05) is 18.6 Å². The summed E-state index contributed by atoms with van der Waals surface area (Å²) in [6.45, 7) is 1.66. The van der Waals surface area contributed by atoms with E-state index >= 15 is 0 Å². The lowest BCUT2D eigenvalue weighted by Crippen LogP contribution is -2.26. The van der Waals surface area contributed by atoms with E-state index in [2.05, 4.69) is 15.9 Å². The number of thiazole rings is 1. The van der Waals surface area contributed by atoms with Crippen LogP contribution in [-0.2, 0) is 4.74 Å². The Hall–Kier alpha value is -2.46. The van der Waals surface area contributed by atoms with Gasteiger partial charge in [0, 0.05) is 18.8 Å². The van der Waals surface area contributed by atoms with E-state index in [1.807, 2.05) is 0 Å². The summed E-state index contributed by atoms with van der Waals surface area (Å²) in [6, 6.07) is 1.34. The second-order valence-electron chi connectivity index (χ2n) is 4.12. The van der Waals surface area contributed by atoms with E-state index in [1.165, 1.54) is 28.5 Å². The van der Waals surface area contributed by atoms with Crippen molar-refractivity contribution in [2.24, 2.45) is 0 Å². The lowest BCUT2D eigenvalue weighted by Gasteiger charge is -2.14. The van der Waals surface area contributed by atoms with Gasteiger partial charge in [0.25, 0.3) is 0 Å². The number of nitrogens with zero attached hydrogens (tertiary/aromatic N) is 3. The van der Waals surface area contributed by atoms with Crippen LogP contribution < -0.4 is 4.90 Å². The number of terminal acetylenes is 1. The van der Waals surface area contributed by atoms with E-state index in [-0.39, 0.29) is 6.61 Å². The Morgan fingerprint density at radius 1 is 1.57 bits per heavy atom. The summed E-state index contributed by atoms with van der Waals surface area (Å²) in [6.07, 6.45) is 7.11. The van der Waals surface area contributed by atoms with Crippen molar-refractivity contribution in [3.05, 3.63) is 30.0 Å². The number of anilines is 1. The number of halogens is 1. The predicted octanol–water partition coefficient (Wildman–Crippen LogP) is 2.86. The molecule has 0 saturated carbocycles. The molecule has 0 radical (unpaired) electrons. The van der Waals surface area contributed by atoms with Crippen LogP contribution in [0.2, 0.25) is 0 Å². The van der Waals surface area contributed by atoms with Crippen molar-refractivity contribution < 1.29 is 13.9 Å². The average Bonchev–Trinajstić information content (AvgIpc) is 2.86. The number of aryl methyl sites for hydroxylation is 1. The van der Waals surface area contributed by atoms with E-state index in [9.17, 15) is 9.18 Å². The molecule has 2 rings (SSSR count). The van der Waals surface area contributed by atoms with Gasteiger partial charge in [0.2, 0.25) is 0 Å². The van der Waals surface area contributed by atoms with Crippen molar-refractivity contribution in [2.45, 2.75) is 6.92 Å². The summed E-state index contributed by atoms with van der Waals surface area (Å²) in [5, 5.41) is 1.18. The molecule has 0 bridgehead atoms. The second-order valence-corrected chi connectivity index (χ2v) is 5.10. The molecule has 0 N–H and O–H groups in total. The Labute approximate surface area is 125 Å². The minimum Gasteiger partial charge on any atom is -0.436 e. The molecular weight excluding hydrogens is 293 g/mol. The van der Waals surface area contributed by atoms with Gasteiger partial charge in [-0.25, -0.2) is 14.2 Å². The van der Waals surface area contributed by atoms with Crippen LogP contribution in [0.1, 0.15) is 5.69 Å². The van der Waals surface area contributed by atoms with Crippen LogP contribution in [-0.4, -0.2) is 29.7 Å². The Morgan fingerprint density at radius 2 is 2.33 bits per heavy atom. The van der Waals surface area contributed by atoms with Gasteiger partial charge >= 0.3 is 6.09 Å². The number of amides is 1. The summed E-state index contributed by atoms with van der Waals surface area (Å²) in [5.41, 5.74) is 1.19. The van der Waals surface area contributed by atoms with E-state index in [4.69, 9.17) is 11.2 Å². The first kappa shape index (κ1) is 14.9. The maximum absolute atomic E-state index is 13.2. The highest BCUT2D eigenvalue weighted by atomic mass is 32.1. The minimum atomic E-state index is -0.566. The molecular formula is C14H12FN3O2S. The highest BCUT2D eigenvalue weighted by molar-refractivity contribution is 7.19. The summed E-state index contributed by atoms with van der Waals surface area (Å²) in [5.74, 6) is 1.78. The quantitative estimate of drug-likeness (QED) is 0.818. The number of aromatic nitrogens is 2. The van der Waals surface area contributed by atoms with E-state index in [1.54, 1.807) is 14.0 Å². The molecule has 7 heteroatoms. The zero-order chi connectivity index (χ0) is 15.4. The fourth-order valence-corrected chi connectivity index (χ4v) is 2.64. The molecule has 2 aromatic rings. The molecule has 2 heterocycles. The zero-order valence-electron chi connectivity index (χ0n) is 11.5. The summed E-state index contributed by atoms with van der Waals surface area (Å²) in [4.78, 5) is 21.2. The number of rotatable bonds is 3. The number of hydrogen-bond acceptors (Lipinski definition) is 5. The van der Waals surface area contributed by atoms with Crippen LogP contribution in [0.5, 0.6) is 0 Å². The van der Waals surface area contributed by atoms with Gasteiger partial charge < -0.3 is 4.74 Å². The fourth-order valence-electron chi connectivity index (χ4n) is 1.63. The van der Waals surface area contributed by atoms with E-state index < -0.39 is 11.9 Å². The highest BCUT2D eigenvalue weighted by Gasteiger charge is 2.19. The lowest BCUT2D eigenvalue weighted by atomic mass is 10.3. The van der Waals surface area contributed by atoms with Gasteiger partial charge in [0.1, 0.15) is 15.8 Å². The van der Waals surface area contributed by atoms with Crippen LogP contribution in [0.3, 0.4) is 0 Å². The first-order valence-electron chi connectivity index (χ1n) is 5.95. The normalized spacial score (nSPS) is 10.0. The first-order chi connectivity index (χ1) is 10.0. The van der Waals surface area contributed by atoms with Crippen LogP contribution in [0.15, 0.2) is 18.5 Å². The van der Waals surface area contributed by atoms with Gasteiger partial charge in [-0.1, -0.05) is 17.3 Å². The molecule has 0 spiro atoms. The number of ether oxygens (including phenoxy) is 1. The molecule has 0 aliphatic carbocycles. The Morgan fingerprint density at radius 3 is 3.00 bits per heavy atom. The number of carbonyl (C=O) groups excluding carboxylic acids is 1. The topological polar surface area (TPSA) is 55.3 Å². The van der Waals surface area contributed by atoms with Crippen molar-refractivity contribution >= 4 is 22.4 Å². The van der Waals surface area contributed by atoms with Crippen LogP contribution in [0.4, 0.5) is 14.2 Å². The smallest absolute Gasteiger partial charge is 0.415 e. The van der Waals surface area contributed by atoms with Crippen LogP contribution in [0.25, 0.3) is 10.6 Å². The highest BCUT2D eigenvalue weighted by Crippen LogP contribution is 2.33. The molecule has 1 amide bonds. The summed E-state index contributed by atoms with van der Waals surface area (Å²) >= 11 is 1.25. The molecule has 0 unspecified atom stereocenters. The Bertz CT molecular complexity index is 708. The minimum absolute atomic E-state index is 0.0955. The van der Waals surface area contributed by atoms with Crippen LogP contribution in [0, 0.1) is 25.1 Å². The van der Waals surface area contributed by atoms with Gasteiger partial charge in [-0.05, 0) is 13.0 Å². The van der Waals surface area contributed by atoms with Crippen molar-refractivity contribution in [3.63, 3.8) is 0 Å². The zero-order valence-corrected chi connectivity index (χ0v) is 12.3. The largest absolute Gasteiger partial charge is 0.436 e. The van der Waals surface area contributed by atoms with Gasteiger partial charge in [-0.2, -0.15) is 0 Å². The number of carbonyl (C=O) groups is 1. The number of hydrogen-bond donors (Lipinski definition) is 0. The van der Waals surface area contributed by atoms with Crippen molar-refractivity contribution in [3.8, 4) is 22.9 Å². The van der Waals surface area contributed by atoms with Gasteiger partial charge in [0.15, 0.2) is 6.61 Å². The molecule has 0 aliphatic heterocycles. The van der Waals surface area contributed by atoms with Crippen molar-refractivity contribution in [1.29, 1.82) is 0 Å². The summed E-state index contributed by atoms with van der Waals surface area (Å²) in [7, 11) is 1.56. The van der Waals surface area contributed by atoms with E-state index in [0.29, 0.717) is 21.3 Å². The molecule has 5 nitrogen and oxygen atoms in total. The second kappa shape index (κ2) is 6.33. The lowest BCUT2D eigenvalue weighted by molar-refractivity contribution is 0.169. The molecule has 0 aromatic carbocycles.